The molecule has 0 amide bonds. The molecule has 0 aromatic rings. The van der Waals surface area contributed by atoms with Crippen LogP contribution in [0.1, 0.15) is 65.2 Å². The Morgan fingerprint density at radius 1 is 1.00 bits per heavy atom. The predicted octanol–water partition coefficient (Wildman–Crippen LogP) is 3.30. The van der Waals surface area contributed by atoms with Gasteiger partial charge >= 0.3 is 0 Å². The quantitative estimate of drug-likeness (QED) is 0.326. The molecule has 3 fully saturated rings. The van der Waals surface area contributed by atoms with Crippen LogP contribution in [-0.2, 0) is 0 Å². The van der Waals surface area contributed by atoms with Crippen LogP contribution < -0.4 is 10.6 Å². The minimum Gasteiger partial charge on any atom is -0.357 e. The van der Waals surface area contributed by atoms with Crippen LogP contribution in [0.2, 0.25) is 0 Å². The van der Waals surface area contributed by atoms with E-state index in [9.17, 15) is 0 Å². The Kier molecular flexibility index (Phi) is 10.7. The van der Waals surface area contributed by atoms with Crippen molar-refractivity contribution in [3.05, 3.63) is 0 Å². The summed E-state index contributed by atoms with van der Waals surface area (Å²) in [5.74, 6) is 1.91. The highest BCUT2D eigenvalue weighted by Crippen LogP contribution is 2.26. The second kappa shape index (κ2) is 12.5. The van der Waals surface area contributed by atoms with Gasteiger partial charge in [0.15, 0.2) is 5.96 Å². The number of rotatable bonds is 7. The summed E-state index contributed by atoms with van der Waals surface area (Å²) in [7, 11) is 0. The van der Waals surface area contributed by atoms with Gasteiger partial charge in [-0.25, -0.2) is 0 Å². The molecule has 3 aliphatic rings. The second-order valence-electron chi connectivity index (χ2n) is 8.49. The molecule has 6 heteroatoms. The van der Waals surface area contributed by atoms with Crippen LogP contribution in [0.15, 0.2) is 4.99 Å². The Hall–Kier alpha value is -0.0800. The molecule has 2 aliphatic heterocycles. The first kappa shape index (κ1) is 23.2. The number of likely N-dealkylation sites (tertiary alicyclic amines) is 2. The van der Waals surface area contributed by atoms with Crippen LogP contribution in [0.4, 0.5) is 0 Å². The van der Waals surface area contributed by atoms with Gasteiger partial charge in [0.05, 0.1) is 0 Å². The van der Waals surface area contributed by atoms with E-state index in [-0.39, 0.29) is 24.0 Å². The fraction of sp³-hybridized carbons (Fsp3) is 0.952. The molecule has 5 nitrogen and oxygen atoms in total. The second-order valence-corrected chi connectivity index (χ2v) is 8.49. The first-order valence-electron chi connectivity index (χ1n) is 11.3. The Bertz CT molecular complexity index is 430. The predicted molar refractivity (Wildman–Crippen MR) is 126 cm³/mol. The number of nitrogens with one attached hydrogen (secondary N) is 2. The van der Waals surface area contributed by atoms with Gasteiger partial charge in [-0.15, -0.1) is 24.0 Å². The summed E-state index contributed by atoms with van der Waals surface area (Å²) in [6.45, 7) is 12.6. The maximum atomic E-state index is 4.90. The molecule has 0 bridgehead atoms. The van der Waals surface area contributed by atoms with Crippen molar-refractivity contribution in [2.75, 3.05) is 45.8 Å². The third-order valence-electron chi connectivity index (χ3n) is 6.71. The van der Waals surface area contributed by atoms with Crippen LogP contribution in [0.25, 0.3) is 0 Å². The average molecular weight is 492 g/mol. The zero-order valence-electron chi connectivity index (χ0n) is 17.6. The summed E-state index contributed by atoms with van der Waals surface area (Å²) >= 11 is 0. The van der Waals surface area contributed by atoms with Crippen molar-refractivity contribution >= 4 is 29.9 Å². The minimum absolute atomic E-state index is 0. The van der Waals surface area contributed by atoms with E-state index in [0.717, 1.165) is 31.0 Å². The Morgan fingerprint density at radius 2 is 1.74 bits per heavy atom. The first-order valence-corrected chi connectivity index (χ1v) is 11.3. The van der Waals surface area contributed by atoms with E-state index in [1.165, 1.54) is 84.1 Å². The highest BCUT2D eigenvalue weighted by Gasteiger charge is 2.30. The molecular formula is C21H42IN5. The van der Waals surface area contributed by atoms with E-state index in [1.54, 1.807) is 0 Å². The van der Waals surface area contributed by atoms with Gasteiger partial charge in [0.25, 0.3) is 0 Å². The number of halogens is 1. The molecule has 0 aromatic heterocycles. The molecule has 1 aliphatic carbocycles. The summed E-state index contributed by atoms with van der Waals surface area (Å²) in [5.41, 5.74) is 0. The molecular weight excluding hydrogens is 449 g/mol. The standard InChI is InChI=1S/C21H41N5.HI/c1-3-22-21(23-13-9-18-10-14-25(4-2)15-11-18)24-19-12-16-26(17-19)20-7-5-6-8-20;/h18-20H,3-17H2,1-2H3,(H2,22,23,24);1H. The van der Waals surface area contributed by atoms with Crippen LogP contribution in [-0.4, -0.2) is 73.7 Å². The van der Waals surface area contributed by atoms with E-state index in [2.05, 4.69) is 34.3 Å². The fourth-order valence-electron chi connectivity index (χ4n) is 4.97. The summed E-state index contributed by atoms with van der Waals surface area (Å²) in [6, 6.07) is 1.43. The maximum absolute atomic E-state index is 4.90. The lowest BCUT2D eigenvalue weighted by Gasteiger charge is -2.30. The average Bonchev–Trinajstić information content (AvgIpc) is 3.34. The van der Waals surface area contributed by atoms with Crippen molar-refractivity contribution in [1.29, 1.82) is 0 Å². The van der Waals surface area contributed by atoms with Crippen molar-refractivity contribution in [2.24, 2.45) is 10.9 Å². The zero-order chi connectivity index (χ0) is 18.2. The molecule has 0 aromatic carbocycles. The number of guanidine groups is 1. The van der Waals surface area contributed by atoms with Gasteiger partial charge in [-0.05, 0) is 71.0 Å². The molecule has 0 spiro atoms. The van der Waals surface area contributed by atoms with E-state index < -0.39 is 0 Å². The Balaban J connectivity index is 0.00000261. The first-order chi connectivity index (χ1) is 12.8. The molecule has 2 saturated heterocycles. The van der Waals surface area contributed by atoms with Crippen molar-refractivity contribution in [3.63, 3.8) is 0 Å². The summed E-state index contributed by atoms with van der Waals surface area (Å²) < 4.78 is 0. The van der Waals surface area contributed by atoms with Crippen molar-refractivity contribution in [1.82, 2.24) is 20.4 Å². The number of aliphatic imine (C=N–C) groups is 1. The van der Waals surface area contributed by atoms with E-state index in [1.807, 2.05) is 0 Å². The third kappa shape index (κ3) is 7.35. The molecule has 158 valence electrons. The largest absolute Gasteiger partial charge is 0.357 e. The van der Waals surface area contributed by atoms with E-state index in [4.69, 9.17) is 4.99 Å². The van der Waals surface area contributed by atoms with Gasteiger partial charge in [0, 0.05) is 38.3 Å². The number of hydrogen-bond acceptors (Lipinski definition) is 3. The van der Waals surface area contributed by atoms with Gasteiger partial charge in [-0.1, -0.05) is 19.8 Å². The monoisotopic (exact) mass is 491 g/mol. The summed E-state index contributed by atoms with van der Waals surface area (Å²) in [6.07, 6.45) is 10.9. The highest BCUT2D eigenvalue weighted by atomic mass is 127. The van der Waals surface area contributed by atoms with Crippen LogP contribution in [0.5, 0.6) is 0 Å². The molecule has 1 atom stereocenters. The lowest BCUT2D eigenvalue weighted by atomic mass is 9.94. The van der Waals surface area contributed by atoms with E-state index >= 15 is 0 Å². The van der Waals surface area contributed by atoms with Crippen LogP contribution in [0.3, 0.4) is 0 Å². The molecule has 2 N–H and O–H groups in total. The Labute approximate surface area is 184 Å². The minimum atomic E-state index is 0. The normalized spacial score (nSPS) is 26.3. The molecule has 0 radical (unpaired) electrons. The van der Waals surface area contributed by atoms with Crippen LogP contribution >= 0.6 is 24.0 Å². The molecule has 3 rings (SSSR count). The van der Waals surface area contributed by atoms with Crippen molar-refractivity contribution < 1.29 is 0 Å². The summed E-state index contributed by atoms with van der Waals surface area (Å²) in [5, 5.41) is 7.17. The lowest BCUT2D eigenvalue weighted by Crippen LogP contribution is -2.45. The van der Waals surface area contributed by atoms with Gasteiger partial charge in [-0.2, -0.15) is 0 Å². The number of nitrogens with zero attached hydrogens (tertiary/aromatic N) is 3. The molecule has 1 saturated carbocycles. The number of hydrogen-bond donors (Lipinski definition) is 2. The topological polar surface area (TPSA) is 42.9 Å². The zero-order valence-corrected chi connectivity index (χ0v) is 19.9. The lowest BCUT2D eigenvalue weighted by molar-refractivity contribution is 0.188. The molecule has 1 unspecified atom stereocenters. The van der Waals surface area contributed by atoms with Crippen molar-refractivity contribution in [2.45, 2.75) is 77.3 Å². The van der Waals surface area contributed by atoms with Gasteiger partial charge in [0.1, 0.15) is 0 Å². The maximum Gasteiger partial charge on any atom is 0.191 e. The van der Waals surface area contributed by atoms with Gasteiger partial charge < -0.3 is 15.5 Å². The Morgan fingerprint density at radius 3 is 2.41 bits per heavy atom. The fourth-order valence-corrected chi connectivity index (χ4v) is 4.97. The molecule has 2 heterocycles. The van der Waals surface area contributed by atoms with Crippen LogP contribution in [0, 0.1) is 5.92 Å². The number of piperidine rings is 1. The van der Waals surface area contributed by atoms with Gasteiger partial charge in [-0.3, -0.25) is 9.89 Å². The summed E-state index contributed by atoms with van der Waals surface area (Å²) in [4.78, 5) is 10.2. The van der Waals surface area contributed by atoms with Gasteiger partial charge in [0.2, 0.25) is 0 Å². The van der Waals surface area contributed by atoms with Crippen molar-refractivity contribution in [3.8, 4) is 0 Å². The molecule has 27 heavy (non-hydrogen) atoms. The smallest absolute Gasteiger partial charge is 0.191 e. The van der Waals surface area contributed by atoms with E-state index in [0.29, 0.717) is 6.04 Å². The highest BCUT2D eigenvalue weighted by molar-refractivity contribution is 14.0. The third-order valence-corrected chi connectivity index (χ3v) is 6.71. The SMILES string of the molecule is CCNC(=NCCC1CCN(CC)CC1)NC1CCN(C2CCCC2)C1.I.